The molecule has 3 atom stereocenters. The van der Waals surface area contributed by atoms with Crippen LogP contribution in [-0.2, 0) is 15.3 Å². The van der Waals surface area contributed by atoms with E-state index in [9.17, 15) is 8.78 Å². The summed E-state index contributed by atoms with van der Waals surface area (Å²) in [5.74, 6) is -0.144. The number of aliphatic imine (C=N–C) groups is 1. The van der Waals surface area contributed by atoms with Crippen LogP contribution in [0.1, 0.15) is 24.8 Å². The van der Waals surface area contributed by atoms with Gasteiger partial charge >= 0.3 is 0 Å². The molecule has 0 unspecified atom stereocenters. The van der Waals surface area contributed by atoms with E-state index in [1.54, 1.807) is 19.2 Å². The molecule has 2 N–H and O–H groups in total. The molecule has 1 spiro atoms. The molecule has 158 valence electrons. The van der Waals surface area contributed by atoms with E-state index in [2.05, 4.69) is 4.99 Å². The van der Waals surface area contributed by atoms with Gasteiger partial charge < -0.3 is 15.2 Å². The predicted octanol–water partition coefficient (Wildman–Crippen LogP) is 3.55. The van der Waals surface area contributed by atoms with E-state index >= 15 is 0 Å². The summed E-state index contributed by atoms with van der Waals surface area (Å²) in [6.07, 6.45) is 2.32. The topological polar surface area (TPSA) is 69.3 Å². The van der Waals surface area contributed by atoms with Crippen molar-refractivity contribution in [1.82, 2.24) is 5.06 Å². The minimum atomic E-state index is -1.05. The molecule has 2 aromatic rings. The summed E-state index contributed by atoms with van der Waals surface area (Å²) in [4.78, 5) is 10.8. The van der Waals surface area contributed by atoms with Crippen LogP contribution in [0.4, 0.5) is 8.78 Å². The van der Waals surface area contributed by atoms with E-state index in [0.717, 1.165) is 25.5 Å². The Bertz CT molecular complexity index is 989. The van der Waals surface area contributed by atoms with E-state index in [1.807, 2.05) is 6.07 Å². The fourth-order valence-electron chi connectivity index (χ4n) is 4.49. The number of fused-ring (bicyclic) bond motifs is 2. The minimum absolute atomic E-state index is 0.140. The standard InChI is InChI=1S/C22H23F2N3O3/c1-27-21(25)26-22(30-27)11-20(14-3-2-6-28-12-14)29-19-5-4-13(9-18(19)22)15-7-16(23)10-17(24)8-15/h4-5,7-10,14,20H,2-3,6,11-12H2,1H3,(H2,25,26)/t14-,20+,22+/m1/s1. The van der Waals surface area contributed by atoms with Crippen molar-refractivity contribution >= 4 is 5.96 Å². The lowest BCUT2D eigenvalue weighted by Crippen LogP contribution is -2.44. The van der Waals surface area contributed by atoms with E-state index in [4.69, 9.17) is 20.0 Å². The van der Waals surface area contributed by atoms with E-state index in [0.29, 0.717) is 35.5 Å². The highest BCUT2D eigenvalue weighted by Gasteiger charge is 2.50. The van der Waals surface area contributed by atoms with Crippen LogP contribution in [0.15, 0.2) is 41.4 Å². The molecule has 0 bridgehead atoms. The van der Waals surface area contributed by atoms with Gasteiger partial charge in [0.15, 0.2) is 0 Å². The zero-order valence-electron chi connectivity index (χ0n) is 16.6. The average Bonchev–Trinajstić information content (AvgIpc) is 3.01. The molecule has 0 aromatic heterocycles. The summed E-state index contributed by atoms with van der Waals surface area (Å²) < 4.78 is 39.5. The lowest BCUT2D eigenvalue weighted by atomic mass is 9.84. The molecule has 0 aliphatic carbocycles. The van der Waals surface area contributed by atoms with Crippen molar-refractivity contribution in [2.75, 3.05) is 20.3 Å². The predicted molar refractivity (Wildman–Crippen MR) is 107 cm³/mol. The second kappa shape index (κ2) is 7.21. The first kappa shape index (κ1) is 19.3. The number of halogens is 2. The number of hydroxylamine groups is 2. The molecule has 3 aliphatic rings. The van der Waals surface area contributed by atoms with Crippen LogP contribution < -0.4 is 10.5 Å². The normalized spacial score (nSPS) is 28.2. The Morgan fingerprint density at radius 2 is 1.93 bits per heavy atom. The zero-order chi connectivity index (χ0) is 20.9. The molecule has 30 heavy (non-hydrogen) atoms. The van der Waals surface area contributed by atoms with Crippen LogP contribution in [0, 0.1) is 17.6 Å². The van der Waals surface area contributed by atoms with Crippen molar-refractivity contribution in [3.63, 3.8) is 0 Å². The molecular weight excluding hydrogens is 392 g/mol. The molecule has 1 fully saturated rings. The molecule has 3 aliphatic heterocycles. The summed E-state index contributed by atoms with van der Waals surface area (Å²) in [5.41, 5.74) is 6.75. The zero-order valence-corrected chi connectivity index (χ0v) is 16.6. The smallest absolute Gasteiger partial charge is 0.221 e. The van der Waals surface area contributed by atoms with Crippen LogP contribution in [0.2, 0.25) is 0 Å². The molecular formula is C22H23F2N3O3. The van der Waals surface area contributed by atoms with Gasteiger partial charge in [-0.1, -0.05) is 6.07 Å². The van der Waals surface area contributed by atoms with Crippen LogP contribution in [0.5, 0.6) is 5.75 Å². The maximum atomic E-state index is 13.8. The van der Waals surface area contributed by atoms with Crippen molar-refractivity contribution in [3.8, 4) is 16.9 Å². The average molecular weight is 415 g/mol. The first-order valence-corrected chi connectivity index (χ1v) is 10.1. The van der Waals surface area contributed by atoms with Crippen LogP contribution in [-0.4, -0.2) is 37.4 Å². The van der Waals surface area contributed by atoms with Crippen LogP contribution >= 0.6 is 0 Å². The maximum absolute atomic E-state index is 13.8. The van der Waals surface area contributed by atoms with Crippen molar-refractivity contribution in [2.45, 2.75) is 31.1 Å². The van der Waals surface area contributed by atoms with Gasteiger partial charge in [-0.05, 0) is 48.2 Å². The molecule has 6 nitrogen and oxygen atoms in total. The maximum Gasteiger partial charge on any atom is 0.221 e. The van der Waals surface area contributed by atoms with E-state index in [1.165, 1.54) is 17.2 Å². The third kappa shape index (κ3) is 3.30. The molecule has 2 aromatic carbocycles. The highest BCUT2D eigenvalue weighted by Crippen LogP contribution is 2.48. The first-order valence-electron chi connectivity index (χ1n) is 10.1. The van der Waals surface area contributed by atoms with Crippen molar-refractivity contribution < 1.29 is 23.1 Å². The monoisotopic (exact) mass is 415 g/mol. The largest absolute Gasteiger partial charge is 0.489 e. The fraction of sp³-hybridized carbons (Fsp3) is 0.409. The van der Waals surface area contributed by atoms with Crippen molar-refractivity contribution in [3.05, 3.63) is 53.6 Å². The van der Waals surface area contributed by atoms with E-state index < -0.39 is 17.4 Å². The van der Waals surface area contributed by atoms with Gasteiger partial charge in [-0.25, -0.2) is 23.7 Å². The first-order chi connectivity index (χ1) is 14.4. The van der Waals surface area contributed by atoms with Gasteiger partial charge in [0.2, 0.25) is 11.7 Å². The highest BCUT2D eigenvalue weighted by atomic mass is 19.1. The van der Waals surface area contributed by atoms with Crippen molar-refractivity contribution in [1.29, 1.82) is 0 Å². The third-order valence-electron chi connectivity index (χ3n) is 5.98. The molecule has 5 rings (SSSR count). The lowest BCUT2D eigenvalue weighted by Gasteiger charge is -2.41. The number of benzene rings is 2. The summed E-state index contributed by atoms with van der Waals surface area (Å²) in [6.45, 7) is 1.40. The SMILES string of the molecule is CN1O[C@]2(C[C@@H]([C@@H]3CCCOC3)Oc3ccc(-c4cc(F)cc(F)c4)cc32)N=C1N. The fourth-order valence-corrected chi connectivity index (χ4v) is 4.49. The van der Waals surface area contributed by atoms with Gasteiger partial charge in [-0.15, -0.1) is 0 Å². The Hall–Kier alpha value is -2.71. The Kier molecular flexibility index (Phi) is 4.63. The molecule has 1 saturated heterocycles. The van der Waals surface area contributed by atoms with E-state index in [-0.39, 0.29) is 18.0 Å². The number of nitrogens with two attached hydrogens (primary N) is 1. The van der Waals surface area contributed by atoms with Gasteiger partial charge in [0.05, 0.1) is 12.2 Å². The van der Waals surface area contributed by atoms with Gasteiger partial charge in [0.1, 0.15) is 23.5 Å². The minimum Gasteiger partial charge on any atom is -0.489 e. The Balaban J connectivity index is 1.58. The second-order valence-corrected chi connectivity index (χ2v) is 8.05. The van der Waals surface area contributed by atoms with Gasteiger partial charge in [0, 0.05) is 32.1 Å². The van der Waals surface area contributed by atoms with Crippen LogP contribution in [0.25, 0.3) is 11.1 Å². The van der Waals surface area contributed by atoms with Gasteiger partial charge in [-0.3, -0.25) is 0 Å². The number of rotatable bonds is 2. The Labute approximate surface area is 173 Å². The molecule has 0 radical (unpaired) electrons. The lowest BCUT2D eigenvalue weighted by molar-refractivity contribution is -0.196. The Morgan fingerprint density at radius 3 is 2.60 bits per heavy atom. The molecule has 8 heteroatoms. The summed E-state index contributed by atoms with van der Waals surface area (Å²) in [6, 6.07) is 8.84. The molecule has 0 saturated carbocycles. The highest BCUT2D eigenvalue weighted by molar-refractivity contribution is 5.79. The summed E-state index contributed by atoms with van der Waals surface area (Å²) >= 11 is 0. The summed E-state index contributed by atoms with van der Waals surface area (Å²) in [7, 11) is 1.70. The summed E-state index contributed by atoms with van der Waals surface area (Å²) in [5, 5.41) is 1.44. The Morgan fingerprint density at radius 1 is 1.13 bits per heavy atom. The third-order valence-corrected chi connectivity index (χ3v) is 5.98. The van der Waals surface area contributed by atoms with Crippen LogP contribution in [0.3, 0.4) is 0 Å². The van der Waals surface area contributed by atoms with Crippen molar-refractivity contribution in [2.24, 2.45) is 16.6 Å². The number of hydrogen-bond acceptors (Lipinski definition) is 6. The quantitative estimate of drug-likeness (QED) is 0.812. The number of hydrogen-bond donors (Lipinski definition) is 1. The molecule has 0 amide bonds. The van der Waals surface area contributed by atoms with Gasteiger partial charge in [-0.2, -0.15) is 0 Å². The second-order valence-electron chi connectivity index (χ2n) is 8.05. The number of nitrogens with zero attached hydrogens (tertiary/aromatic N) is 2. The molecule has 3 heterocycles. The van der Waals surface area contributed by atoms with Gasteiger partial charge in [0.25, 0.3) is 0 Å². The number of guanidine groups is 1. The number of ether oxygens (including phenoxy) is 2.